The molecule has 2 rings (SSSR count). The van der Waals surface area contributed by atoms with Crippen LogP contribution in [0, 0.1) is 10.1 Å². The lowest BCUT2D eigenvalue weighted by atomic mass is 10.3. The summed E-state index contributed by atoms with van der Waals surface area (Å²) in [6.07, 6.45) is 3.33. The topological polar surface area (TPSA) is 119 Å². The van der Waals surface area contributed by atoms with Crippen LogP contribution in [0.1, 0.15) is 5.56 Å². The number of aromatic nitrogens is 2. The molecule has 0 bridgehead atoms. The Kier molecular flexibility index (Phi) is 3.84. The molecule has 8 heteroatoms. The van der Waals surface area contributed by atoms with Gasteiger partial charge in [0, 0.05) is 25.0 Å². The van der Waals surface area contributed by atoms with Crippen molar-refractivity contribution in [3.05, 3.63) is 52.3 Å². The van der Waals surface area contributed by atoms with E-state index in [1.165, 1.54) is 12.1 Å². The van der Waals surface area contributed by atoms with Crippen LogP contribution in [0.15, 0.2) is 36.7 Å². The molecule has 2 aromatic heterocycles. The zero-order chi connectivity index (χ0) is 13.7. The number of anilines is 2. The number of hydrogen-bond acceptors (Lipinski definition) is 7. The number of nitrogens with zero attached hydrogens (tertiary/aromatic N) is 3. The molecule has 0 aliphatic heterocycles. The van der Waals surface area contributed by atoms with Crippen LogP contribution in [-0.4, -0.2) is 14.9 Å². The van der Waals surface area contributed by atoms with E-state index in [1.54, 1.807) is 18.5 Å². The maximum absolute atomic E-state index is 10.9. The summed E-state index contributed by atoms with van der Waals surface area (Å²) in [5.41, 5.74) is 3.13. The van der Waals surface area contributed by atoms with Gasteiger partial charge in [-0.2, -0.15) is 0 Å². The molecule has 0 aliphatic carbocycles. The van der Waals surface area contributed by atoms with Gasteiger partial charge >= 0.3 is 5.69 Å². The van der Waals surface area contributed by atoms with Crippen LogP contribution in [0.2, 0.25) is 0 Å². The molecular formula is C11H12N6O2. The summed E-state index contributed by atoms with van der Waals surface area (Å²) in [4.78, 5) is 18.4. The van der Waals surface area contributed by atoms with Crippen LogP contribution < -0.4 is 16.6 Å². The van der Waals surface area contributed by atoms with Crippen LogP contribution in [0.25, 0.3) is 0 Å². The minimum atomic E-state index is -0.501. The summed E-state index contributed by atoms with van der Waals surface area (Å²) in [5.74, 6) is 5.74. The van der Waals surface area contributed by atoms with Gasteiger partial charge in [0.05, 0.1) is 4.92 Å². The van der Waals surface area contributed by atoms with E-state index in [-0.39, 0.29) is 11.5 Å². The van der Waals surface area contributed by atoms with Gasteiger partial charge in [0.15, 0.2) is 0 Å². The Morgan fingerprint density at radius 1 is 1.37 bits per heavy atom. The number of pyridine rings is 2. The third kappa shape index (κ3) is 3.13. The van der Waals surface area contributed by atoms with Gasteiger partial charge < -0.3 is 10.7 Å². The molecule has 0 saturated heterocycles. The first-order valence-corrected chi connectivity index (χ1v) is 5.45. The Bertz CT molecular complexity index is 575. The van der Waals surface area contributed by atoms with Crippen molar-refractivity contribution in [3.63, 3.8) is 0 Å². The van der Waals surface area contributed by atoms with Crippen molar-refractivity contribution >= 4 is 17.3 Å². The number of hydrogen-bond donors (Lipinski definition) is 3. The minimum Gasteiger partial charge on any atom is -0.360 e. The average molecular weight is 260 g/mol. The summed E-state index contributed by atoms with van der Waals surface area (Å²) in [6, 6.07) is 6.43. The smallest absolute Gasteiger partial charge is 0.311 e. The highest BCUT2D eigenvalue weighted by Gasteiger charge is 2.15. The van der Waals surface area contributed by atoms with Crippen LogP contribution in [-0.2, 0) is 6.54 Å². The van der Waals surface area contributed by atoms with E-state index in [4.69, 9.17) is 5.84 Å². The van der Waals surface area contributed by atoms with Gasteiger partial charge in [-0.15, -0.1) is 0 Å². The van der Waals surface area contributed by atoms with E-state index >= 15 is 0 Å². The molecular weight excluding hydrogens is 248 g/mol. The van der Waals surface area contributed by atoms with Gasteiger partial charge in [0.2, 0.25) is 5.82 Å². The highest BCUT2D eigenvalue weighted by atomic mass is 16.6. The third-order valence-electron chi connectivity index (χ3n) is 2.40. The predicted octanol–water partition coefficient (Wildman–Crippen LogP) is 1.28. The van der Waals surface area contributed by atoms with Crippen LogP contribution in [0.5, 0.6) is 0 Å². The summed E-state index contributed by atoms with van der Waals surface area (Å²) in [7, 11) is 0. The van der Waals surface area contributed by atoms with Crippen LogP contribution >= 0.6 is 0 Å². The molecule has 4 N–H and O–H groups in total. The summed E-state index contributed by atoms with van der Waals surface area (Å²) in [6.45, 7) is 0.385. The van der Waals surface area contributed by atoms with Gasteiger partial charge in [-0.05, 0) is 17.7 Å². The Morgan fingerprint density at radius 3 is 2.84 bits per heavy atom. The van der Waals surface area contributed by atoms with Crippen molar-refractivity contribution in [2.24, 2.45) is 5.84 Å². The highest BCUT2D eigenvalue weighted by Crippen LogP contribution is 2.24. The van der Waals surface area contributed by atoms with E-state index in [0.29, 0.717) is 12.4 Å². The maximum atomic E-state index is 10.9. The average Bonchev–Trinajstić information content (AvgIpc) is 2.45. The van der Waals surface area contributed by atoms with Crippen molar-refractivity contribution in [1.82, 2.24) is 9.97 Å². The Hall–Kier alpha value is -2.74. The Labute approximate surface area is 108 Å². The van der Waals surface area contributed by atoms with E-state index in [2.05, 4.69) is 20.7 Å². The van der Waals surface area contributed by atoms with Crippen molar-refractivity contribution < 1.29 is 4.92 Å². The fraction of sp³-hybridized carbons (Fsp3) is 0.0909. The lowest BCUT2D eigenvalue weighted by Gasteiger charge is -2.07. The van der Waals surface area contributed by atoms with Crippen molar-refractivity contribution in [1.29, 1.82) is 0 Å². The second-order valence-electron chi connectivity index (χ2n) is 3.68. The standard InChI is InChI=1S/C11H12N6O2/c12-16-10-4-3-9(17(18)19)11(15-10)14-7-8-2-1-5-13-6-8/h1-6H,7,12H2,(H2,14,15,16). The Morgan fingerprint density at radius 2 is 2.21 bits per heavy atom. The van der Waals surface area contributed by atoms with E-state index in [0.717, 1.165) is 5.56 Å². The first kappa shape index (κ1) is 12.7. The molecule has 19 heavy (non-hydrogen) atoms. The monoisotopic (exact) mass is 260 g/mol. The van der Waals surface area contributed by atoms with Crippen molar-refractivity contribution in [3.8, 4) is 0 Å². The molecule has 0 spiro atoms. The van der Waals surface area contributed by atoms with Crippen molar-refractivity contribution in [2.45, 2.75) is 6.54 Å². The lowest BCUT2D eigenvalue weighted by Crippen LogP contribution is -2.11. The molecule has 0 atom stereocenters. The minimum absolute atomic E-state index is 0.108. The van der Waals surface area contributed by atoms with Crippen molar-refractivity contribution in [2.75, 3.05) is 10.7 Å². The molecule has 2 heterocycles. The number of nitrogen functional groups attached to an aromatic ring is 1. The number of nitro groups is 1. The van der Waals surface area contributed by atoms with E-state index in [9.17, 15) is 10.1 Å². The summed E-state index contributed by atoms with van der Waals surface area (Å²) in [5, 5.41) is 13.8. The molecule has 0 unspecified atom stereocenters. The first-order chi connectivity index (χ1) is 9.20. The third-order valence-corrected chi connectivity index (χ3v) is 2.40. The SMILES string of the molecule is NNc1ccc([N+](=O)[O-])c(NCc2cccnc2)n1. The molecule has 0 amide bonds. The molecule has 0 saturated carbocycles. The van der Waals surface area contributed by atoms with Crippen LogP contribution in [0.3, 0.4) is 0 Å². The Balaban J connectivity index is 2.20. The maximum Gasteiger partial charge on any atom is 0.311 e. The highest BCUT2D eigenvalue weighted by molar-refractivity contribution is 5.60. The predicted molar refractivity (Wildman–Crippen MR) is 70.3 cm³/mol. The second-order valence-corrected chi connectivity index (χ2v) is 3.68. The molecule has 2 aromatic rings. The molecule has 0 aliphatic rings. The van der Waals surface area contributed by atoms with Gasteiger partial charge in [-0.25, -0.2) is 10.8 Å². The molecule has 0 fully saturated rings. The quantitative estimate of drug-likeness (QED) is 0.421. The summed E-state index contributed by atoms with van der Waals surface area (Å²) >= 11 is 0. The molecule has 98 valence electrons. The second kappa shape index (κ2) is 5.74. The molecule has 8 nitrogen and oxygen atoms in total. The van der Waals surface area contributed by atoms with Gasteiger partial charge in [0.25, 0.3) is 0 Å². The molecule has 0 aromatic carbocycles. The van der Waals surface area contributed by atoms with Crippen LogP contribution in [0.4, 0.5) is 17.3 Å². The number of nitrogens with one attached hydrogen (secondary N) is 2. The van der Waals surface area contributed by atoms with E-state index in [1.807, 2.05) is 6.07 Å². The number of rotatable bonds is 5. The van der Waals surface area contributed by atoms with Gasteiger partial charge in [0.1, 0.15) is 5.82 Å². The number of nitrogens with two attached hydrogens (primary N) is 1. The largest absolute Gasteiger partial charge is 0.360 e. The number of hydrazine groups is 1. The summed E-state index contributed by atoms with van der Waals surface area (Å²) < 4.78 is 0. The fourth-order valence-electron chi connectivity index (χ4n) is 1.50. The zero-order valence-electron chi connectivity index (χ0n) is 9.91. The fourth-order valence-corrected chi connectivity index (χ4v) is 1.50. The zero-order valence-corrected chi connectivity index (χ0v) is 9.91. The lowest BCUT2D eigenvalue weighted by molar-refractivity contribution is -0.384. The van der Waals surface area contributed by atoms with Gasteiger partial charge in [-0.3, -0.25) is 15.1 Å². The normalized spacial score (nSPS) is 9.95. The van der Waals surface area contributed by atoms with E-state index < -0.39 is 4.92 Å². The molecule has 0 radical (unpaired) electrons. The first-order valence-electron chi connectivity index (χ1n) is 5.45. The van der Waals surface area contributed by atoms with Gasteiger partial charge in [-0.1, -0.05) is 6.07 Å².